The molecule has 1 fully saturated rings. The summed E-state index contributed by atoms with van der Waals surface area (Å²) in [6.07, 6.45) is 5.41. The van der Waals surface area contributed by atoms with Crippen LogP contribution in [0.3, 0.4) is 0 Å². The molecular weight excluding hydrogens is 813 g/mol. The van der Waals surface area contributed by atoms with Crippen LogP contribution in [0.2, 0.25) is 0 Å². The van der Waals surface area contributed by atoms with Crippen molar-refractivity contribution in [1.29, 1.82) is 0 Å². The van der Waals surface area contributed by atoms with E-state index in [1.807, 2.05) is 6.20 Å². The van der Waals surface area contributed by atoms with E-state index in [0.29, 0.717) is 0 Å². The van der Waals surface area contributed by atoms with Crippen molar-refractivity contribution in [2.45, 2.75) is 32.2 Å². The van der Waals surface area contributed by atoms with Crippen molar-refractivity contribution in [3.63, 3.8) is 0 Å². The number of anilines is 2. The molecule has 10 heteroatoms. The third kappa shape index (κ3) is 7.87. The Hall–Kier alpha value is -0.290. The van der Waals surface area contributed by atoms with Crippen LogP contribution in [0.25, 0.3) is 11.3 Å². The number of benzene rings is 1. The molecule has 1 saturated heterocycles. The Balaban J connectivity index is 1.46. The number of rotatable bonds is 11. The number of alkyl halides is 3. The van der Waals surface area contributed by atoms with Gasteiger partial charge in [0.05, 0.1) is 31.2 Å². The predicted octanol–water partition coefficient (Wildman–Crippen LogP) is 7.79. The van der Waals surface area contributed by atoms with Crippen molar-refractivity contribution in [1.82, 2.24) is 14.9 Å². The van der Waals surface area contributed by atoms with Gasteiger partial charge in [0.2, 0.25) is 0 Å². The van der Waals surface area contributed by atoms with Crippen LogP contribution in [-0.4, -0.2) is 54.8 Å². The van der Waals surface area contributed by atoms with Crippen LogP contribution < -0.4 is 9.64 Å². The van der Waals surface area contributed by atoms with Crippen LogP contribution in [-0.2, 0) is 10.7 Å². The first-order chi connectivity index (χ1) is 17.3. The third-order valence-corrected chi connectivity index (χ3v) is 8.71. The smallest absolute Gasteiger partial charge is 0.190 e. The van der Waals surface area contributed by atoms with Gasteiger partial charge in [0.15, 0.2) is 4.57 Å². The molecular formula is C26H31I3N4O2S. The Morgan fingerprint density at radius 2 is 1.94 bits per heavy atom. The number of hydrogen-bond donors (Lipinski definition) is 0. The fourth-order valence-corrected chi connectivity index (χ4v) is 6.01. The normalized spacial score (nSPS) is 14.7. The van der Waals surface area contributed by atoms with Gasteiger partial charge < -0.3 is 14.4 Å². The largest absolute Gasteiger partial charge is 0.493 e. The summed E-state index contributed by atoms with van der Waals surface area (Å²) in [6.45, 7) is 7.37. The van der Waals surface area contributed by atoms with E-state index in [-0.39, 0.29) is -0.565 Å². The summed E-state index contributed by atoms with van der Waals surface area (Å²) in [5.74, 6) is 0.963. The van der Waals surface area contributed by atoms with E-state index in [9.17, 15) is 0 Å². The summed E-state index contributed by atoms with van der Waals surface area (Å²) in [5, 5.41) is 3.06. The van der Waals surface area contributed by atoms with Crippen molar-refractivity contribution >= 4 is 89.9 Å². The number of hydrogen-bond acceptors (Lipinski definition) is 7. The SMILES string of the molecule is CCCCCOc1ccc(N(C)c2nc(-c3ccc(CN4CCOCC4)nc3)cs2)cc1C(I)(I)I. The van der Waals surface area contributed by atoms with E-state index in [4.69, 9.17) is 19.4 Å². The number of pyridine rings is 1. The lowest BCUT2D eigenvalue weighted by Crippen LogP contribution is -2.35. The molecule has 0 amide bonds. The lowest BCUT2D eigenvalue weighted by molar-refractivity contribution is 0.0336. The molecule has 1 aliphatic heterocycles. The zero-order valence-electron chi connectivity index (χ0n) is 20.6. The van der Waals surface area contributed by atoms with Crippen LogP contribution in [0.4, 0.5) is 10.8 Å². The monoisotopic (exact) mass is 844 g/mol. The molecule has 3 heterocycles. The lowest BCUT2D eigenvalue weighted by Gasteiger charge is -2.26. The first-order valence-electron chi connectivity index (χ1n) is 12.1. The van der Waals surface area contributed by atoms with Crippen LogP contribution >= 0.6 is 79.1 Å². The highest BCUT2D eigenvalue weighted by Gasteiger charge is 2.26. The first kappa shape index (κ1) is 28.7. The Kier molecular flexibility index (Phi) is 10.9. The van der Waals surface area contributed by atoms with Gasteiger partial charge in [0, 0.05) is 55.1 Å². The van der Waals surface area contributed by atoms with Crippen LogP contribution in [0.15, 0.2) is 41.9 Å². The molecule has 6 nitrogen and oxygen atoms in total. The molecule has 0 aliphatic carbocycles. The van der Waals surface area contributed by atoms with Crippen molar-refractivity contribution in [3.05, 3.63) is 53.2 Å². The molecule has 0 bridgehead atoms. The van der Waals surface area contributed by atoms with Crippen molar-refractivity contribution < 1.29 is 9.47 Å². The van der Waals surface area contributed by atoms with Gasteiger partial charge in [-0.15, -0.1) is 11.3 Å². The number of unbranched alkanes of at least 4 members (excludes halogenated alkanes) is 2. The molecule has 0 unspecified atom stereocenters. The van der Waals surface area contributed by atoms with Gasteiger partial charge in [0.1, 0.15) is 5.75 Å². The maximum atomic E-state index is 6.16. The van der Waals surface area contributed by atoms with Crippen LogP contribution in [0, 0.1) is 0 Å². The van der Waals surface area contributed by atoms with Gasteiger partial charge >= 0.3 is 0 Å². The molecule has 4 rings (SSSR count). The number of nitrogens with zero attached hydrogens (tertiary/aromatic N) is 4. The summed E-state index contributed by atoms with van der Waals surface area (Å²) >= 11 is 9.05. The van der Waals surface area contributed by atoms with Crippen LogP contribution in [0.5, 0.6) is 5.75 Å². The highest BCUT2D eigenvalue weighted by atomic mass is 127. The molecule has 0 saturated carbocycles. The minimum Gasteiger partial charge on any atom is -0.493 e. The fraction of sp³-hybridized carbons (Fsp3) is 0.462. The topological polar surface area (TPSA) is 50.7 Å². The minimum absolute atomic E-state index is 0.104. The second-order valence-corrected chi connectivity index (χ2v) is 20.6. The molecule has 36 heavy (non-hydrogen) atoms. The Labute approximate surface area is 259 Å². The lowest BCUT2D eigenvalue weighted by atomic mass is 10.2. The molecule has 0 radical (unpaired) electrons. The molecule has 1 aromatic carbocycles. The van der Waals surface area contributed by atoms with Gasteiger partial charge in [0.25, 0.3) is 0 Å². The Morgan fingerprint density at radius 1 is 1.14 bits per heavy atom. The number of thiazole rings is 1. The van der Waals surface area contributed by atoms with Gasteiger partial charge in [-0.05, 0) is 105 Å². The van der Waals surface area contributed by atoms with E-state index in [2.05, 4.69) is 127 Å². The second-order valence-electron chi connectivity index (χ2n) is 8.73. The maximum absolute atomic E-state index is 6.16. The van der Waals surface area contributed by atoms with E-state index in [1.54, 1.807) is 11.3 Å². The molecule has 0 atom stereocenters. The van der Waals surface area contributed by atoms with Gasteiger partial charge in [-0.25, -0.2) is 4.98 Å². The number of morpholine rings is 1. The molecule has 0 N–H and O–H groups in total. The van der Waals surface area contributed by atoms with Gasteiger partial charge in [-0.3, -0.25) is 9.88 Å². The number of halogens is 3. The summed E-state index contributed by atoms with van der Waals surface area (Å²) in [6, 6.07) is 10.7. The summed E-state index contributed by atoms with van der Waals surface area (Å²) in [4.78, 5) is 14.2. The standard InChI is InChI=1S/C26H31I3N4O2S/c1-3-4-5-12-35-24-9-8-21(15-22(24)26(27,28)29)32(2)25-31-23(18-36-25)19-6-7-20(30-16-19)17-33-10-13-34-14-11-33/h6-9,15-16,18H,3-5,10-14,17H2,1-2H3. The molecule has 1 aliphatic rings. The highest BCUT2D eigenvalue weighted by Crippen LogP contribution is 2.50. The van der Waals surface area contributed by atoms with Gasteiger partial charge in [-0.2, -0.15) is 0 Å². The van der Waals surface area contributed by atoms with Crippen molar-refractivity contribution in [3.8, 4) is 17.0 Å². The highest BCUT2D eigenvalue weighted by molar-refractivity contribution is 14.3. The van der Waals surface area contributed by atoms with Crippen LogP contribution in [0.1, 0.15) is 37.4 Å². The Bertz CT molecular complexity index is 1120. The molecule has 3 aromatic rings. The maximum Gasteiger partial charge on any atom is 0.190 e. The zero-order valence-corrected chi connectivity index (χ0v) is 27.8. The molecule has 2 aromatic heterocycles. The zero-order chi connectivity index (χ0) is 25.5. The van der Waals surface area contributed by atoms with Gasteiger partial charge in [-0.1, -0.05) is 19.8 Å². The summed E-state index contributed by atoms with van der Waals surface area (Å²) in [7, 11) is 2.07. The van der Waals surface area contributed by atoms with E-state index >= 15 is 0 Å². The molecule has 0 spiro atoms. The predicted molar refractivity (Wildman–Crippen MR) is 175 cm³/mol. The summed E-state index contributed by atoms with van der Waals surface area (Å²) in [5.41, 5.74) is 5.35. The average Bonchev–Trinajstić information content (AvgIpc) is 3.37. The number of aromatic nitrogens is 2. The quantitative estimate of drug-likeness (QED) is 0.112. The first-order valence-corrected chi connectivity index (χ1v) is 16.3. The van der Waals surface area contributed by atoms with E-state index in [1.165, 1.54) is 18.4 Å². The second kappa shape index (κ2) is 13.7. The molecule has 194 valence electrons. The Morgan fingerprint density at radius 3 is 2.64 bits per heavy atom. The van der Waals surface area contributed by atoms with Crippen molar-refractivity contribution in [2.24, 2.45) is 0 Å². The number of ether oxygens (including phenoxy) is 2. The van der Waals surface area contributed by atoms with E-state index in [0.717, 1.165) is 79.4 Å². The average molecular weight is 844 g/mol. The van der Waals surface area contributed by atoms with Crippen molar-refractivity contribution in [2.75, 3.05) is 44.9 Å². The van der Waals surface area contributed by atoms with E-state index < -0.39 is 0 Å². The third-order valence-electron chi connectivity index (χ3n) is 6.05. The fourth-order valence-electron chi connectivity index (χ4n) is 3.93. The summed E-state index contributed by atoms with van der Waals surface area (Å²) < 4.78 is 11.5. The minimum atomic E-state index is -0.104.